The summed E-state index contributed by atoms with van der Waals surface area (Å²) >= 11 is 0. The molecule has 13 heavy (non-hydrogen) atoms. The summed E-state index contributed by atoms with van der Waals surface area (Å²) in [7, 11) is 0. The first-order chi connectivity index (χ1) is 6.27. The standard InChI is InChI=1S/C10H16N2O/c1-3-5-6-7-11-8-10(13)12(4-2)9-11/h4,6-9H2,1-2H3. The molecule has 3 heteroatoms. The molecule has 0 aromatic carbocycles. The second-order valence-corrected chi connectivity index (χ2v) is 3.12. The maximum absolute atomic E-state index is 11.3. The van der Waals surface area contributed by atoms with Crippen LogP contribution in [0.1, 0.15) is 20.3 Å². The van der Waals surface area contributed by atoms with E-state index < -0.39 is 0 Å². The fourth-order valence-electron chi connectivity index (χ4n) is 1.43. The highest BCUT2D eigenvalue weighted by Crippen LogP contribution is 2.05. The van der Waals surface area contributed by atoms with Crippen LogP contribution in [-0.2, 0) is 4.79 Å². The zero-order valence-corrected chi connectivity index (χ0v) is 8.34. The predicted molar refractivity (Wildman–Crippen MR) is 51.9 cm³/mol. The summed E-state index contributed by atoms with van der Waals surface area (Å²) in [6.45, 7) is 6.92. The highest BCUT2D eigenvalue weighted by Gasteiger charge is 2.24. The van der Waals surface area contributed by atoms with Crippen molar-refractivity contribution in [3.63, 3.8) is 0 Å². The third-order valence-corrected chi connectivity index (χ3v) is 2.19. The summed E-state index contributed by atoms with van der Waals surface area (Å²) in [5, 5.41) is 0. The molecule has 0 N–H and O–H groups in total. The van der Waals surface area contributed by atoms with Crippen LogP contribution < -0.4 is 0 Å². The zero-order valence-electron chi connectivity index (χ0n) is 8.34. The number of rotatable bonds is 3. The SMILES string of the molecule is CC#CCCN1CC(=O)N(CC)C1. The molecule has 1 aliphatic rings. The highest BCUT2D eigenvalue weighted by atomic mass is 16.2. The fourth-order valence-corrected chi connectivity index (χ4v) is 1.43. The molecule has 1 saturated heterocycles. The summed E-state index contributed by atoms with van der Waals surface area (Å²) in [5.74, 6) is 6.10. The zero-order chi connectivity index (χ0) is 9.68. The Labute approximate surface area is 79.7 Å². The molecule has 72 valence electrons. The minimum atomic E-state index is 0.243. The molecule has 1 heterocycles. The van der Waals surface area contributed by atoms with Gasteiger partial charge in [0.05, 0.1) is 13.2 Å². The average molecular weight is 180 g/mol. The normalized spacial score (nSPS) is 17.4. The Morgan fingerprint density at radius 3 is 2.85 bits per heavy atom. The van der Waals surface area contributed by atoms with Gasteiger partial charge in [-0.2, -0.15) is 0 Å². The Morgan fingerprint density at radius 1 is 1.54 bits per heavy atom. The first-order valence-electron chi connectivity index (χ1n) is 4.67. The number of nitrogens with zero attached hydrogens (tertiary/aromatic N) is 2. The summed E-state index contributed by atoms with van der Waals surface area (Å²) in [6, 6.07) is 0. The molecule has 0 bridgehead atoms. The van der Waals surface area contributed by atoms with Crippen molar-refractivity contribution in [2.24, 2.45) is 0 Å². The molecule has 1 fully saturated rings. The molecule has 3 nitrogen and oxygen atoms in total. The largest absolute Gasteiger partial charge is 0.329 e. The van der Waals surface area contributed by atoms with E-state index >= 15 is 0 Å². The maximum atomic E-state index is 11.3. The maximum Gasteiger partial charge on any atom is 0.237 e. The minimum absolute atomic E-state index is 0.243. The van der Waals surface area contributed by atoms with Crippen LogP contribution >= 0.6 is 0 Å². The molecule has 1 aliphatic heterocycles. The molecule has 1 amide bonds. The van der Waals surface area contributed by atoms with Gasteiger partial charge < -0.3 is 4.90 Å². The van der Waals surface area contributed by atoms with Crippen LogP contribution in [0.5, 0.6) is 0 Å². The van der Waals surface area contributed by atoms with E-state index in [9.17, 15) is 4.79 Å². The van der Waals surface area contributed by atoms with E-state index in [0.29, 0.717) is 6.54 Å². The summed E-state index contributed by atoms with van der Waals surface area (Å²) in [5.41, 5.74) is 0. The van der Waals surface area contributed by atoms with Gasteiger partial charge in [0.1, 0.15) is 0 Å². The van der Waals surface area contributed by atoms with E-state index in [1.54, 1.807) is 0 Å². The number of hydrogen-bond donors (Lipinski definition) is 0. The third kappa shape index (κ3) is 2.74. The monoisotopic (exact) mass is 180 g/mol. The number of amides is 1. The van der Waals surface area contributed by atoms with E-state index in [1.807, 2.05) is 18.7 Å². The Morgan fingerprint density at radius 2 is 2.31 bits per heavy atom. The van der Waals surface area contributed by atoms with E-state index in [4.69, 9.17) is 0 Å². The second kappa shape index (κ2) is 4.88. The van der Waals surface area contributed by atoms with Crippen molar-refractivity contribution in [2.75, 3.05) is 26.3 Å². The highest BCUT2D eigenvalue weighted by molar-refractivity contribution is 5.79. The van der Waals surface area contributed by atoms with Gasteiger partial charge in [-0.3, -0.25) is 9.69 Å². The molecular formula is C10H16N2O. The van der Waals surface area contributed by atoms with E-state index in [2.05, 4.69) is 16.7 Å². The topological polar surface area (TPSA) is 23.6 Å². The minimum Gasteiger partial charge on any atom is -0.329 e. The lowest BCUT2D eigenvalue weighted by Crippen LogP contribution is -2.27. The molecule has 0 aliphatic carbocycles. The van der Waals surface area contributed by atoms with Crippen molar-refractivity contribution in [1.82, 2.24) is 9.80 Å². The van der Waals surface area contributed by atoms with Crippen LogP contribution in [-0.4, -0.2) is 42.0 Å². The second-order valence-electron chi connectivity index (χ2n) is 3.12. The molecular weight excluding hydrogens is 164 g/mol. The molecule has 0 aromatic rings. The molecule has 0 saturated carbocycles. The van der Waals surface area contributed by atoms with Gasteiger partial charge in [-0.15, -0.1) is 11.8 Å². The van der Waals surface area contributed by atoms with Gasteiger partial charge in [-0.1, -0.05) is 0 Å². The number of carbonyl (C=O) groups excluding carboxylic acids is 1. The van der Waals surface area contributed by atoms with Gasteiger partial charge in [0.25, 0.3) is 0 Å². The van der Waals surface area contributed by atoms with Crippen molar-refractivity contribution < 1.29 is 4.79 Å². The van der Waals surface area contributed by atoms with Gasteiger partial charge in [0.15, 0.2) is 0 Å². The van der Waals surface area contributed by atoms with Crippen molar-refractivity contribution in [1.29, 1.82) is 0 Å². The fraction of sp³-hybridized carbons (Fsp3) is 0.700. The molecule has 0 radical (unpaired) electrons. The Kier molecular flexibility index (Phi) is 3.78. The lowest BCUT2D eigenvalue weighted by molar-refractivity contribution is -0.126. The Balaban J connectivity index is 2.30. The summed E-state index contributed by atoms with van der Waals surface area (Å²) < 4.78 is 0. The van der Waals surface area contributed by atoms with Gasteiger partial charge in [0, 0.05) is 19.5 Å². The Bertz CT molecular complexity index is 239. The van der Waals surface area contributed by atoms with Gasteiger partial charge in [0.2, 0.25) is 5.91 Å². The Hall–Kier alpha value is -1.01. The first kappa shape index (κ1) is 10.1. The first-order valence-corrected chi connectivity index (χ1v) is 4.67. The predicted octanol–water partition coefficient (Wildman–Crippen LogP) is 0.521. The van der Waals surface area contributed by atoms with Crippen LogP contribution in [0.3, 0.4) is 0 Å². The summed E-state index contributed by atoms with van der Waals surface area (Å²) in [6.07, 6.45) is 0.862. The van der Waals surface area contributed by atoms with Crippen molar-refractivity contribution >= 4 is 5.91 Å². The van der Waals surface area contributed by atoms with Crippen molar-refractivity contribution in [3.8, 4) is 11.8 Å². The van der Waals surface area contributed by atoms with Crippen LogP contribution in [0, 0.1) is 11.8 Å². The van der Waals surface area contributed by atoms with E-state index in [1.165, 1.54) is 0 Å². The molecule has 0 atom stereocenters. The van der Waals surface area contributed by atoms with Gasteiger partial charge in [-0.05, 0) is 13.8 Å². The molecule has 0 aromatic heterocycles. The van der Waals surface area contributed by atoms with Crippen LogP contribution in [0.4, 0.5) is 0 Å². The lowest BCUT2D eigenvalue weighted by atomic mass is 10.4. The number of hydrogen-bond acceptors (Lipinski definition) is 2. The summed E-state index contributed by atoms with van der Waals surface area (Å²) in [4.78, 5) is 15.3. The number of carbonyl (C=O) groups is 1. The van der Waals surface area contributed by atoms with Crippen LogP contribution in [0.25, 0.3) is 0 Å². The average Bonchev–Trinajstić information content (AvgIpc) is 2.47. The quantitative estimate of drug-likeness (QED) is 0.591. The molecule has 0 spiro atoms. The molecule has 0 unspecified atom stereocenters. The van der Waals surface area contributed by atoms with E-state index in [0.717, 1.165) is 26.2 Å². The van der Waals surface area contributed by atoms with Crippen LogP contribution in [0.2, 0.25) is 0 Å². The van der Waals surface area contributed by atoms with Crippen molar-refractivity contribution in [2.45, 2.75) is 20.3 Å². The lowest BCUT2D eigenvalue weighted by Gasteiger charge is -2.14. The van der Waals surface area contributed by atoms with E-state index in [-0.39, 0.29) is 5.91 Å². The third-order valence-electron chi connectivity index (χ3n) is 2.19. The smallest absolute Gasteiger partial charge is 0.237 e. The van der Waals surface area contributed by atoms with Gasteiger partial charge >= 0.3 is 0 Å². The van der Waals surface area contributed by atoms with Gasteiger partial charge in [-0.25, -0.2) is 0 Å². The number of likely N-dealkylation sites (N-methyl/N-ethyl adjacent to an activating group) is 1. The van der Waals surface area contributed by atoms with Crippen LogP contribution in [0.15, 0.2) is 0 Å². The van der Waals surface area contributed by atoms with Crippen molar-refractivity contribution in [3.05, 3.63) is 0 Å². The molecule has 1 rings (SSSR count).